The monoisotopic (exact) mass is 154 g/mol. The zero-order valence-corrected chi connectivity index (χ0v) is 7.27. The molecule has 62 valence electrons. The molecule has 2 nitrogen and oxygen atoms in total. The molecule has 11 heavy (non-hydrogen) atoms. The third-order valence-corrected chi connectivity index (χ3v) is 2.94. The highest BCUT2D eigenvalue weighted by Gasteiger charge is 2.39. The molecule has 1 aliphatic carbocycles. The zero-order valence-electron chi connectivity index (χ0n) is 7.27. The first-order valence-electron chi connectivity index (χ1n) is 3.88. The van der Waals surface area contributed by atoms with Gasteiger partial charge in [0.2, 0.25) is 0 Å². The van der Waals surface area contributed by atoms with Crippen LogP contribution in [0.2, 0.25) is 0 Å². The molecule has 1 atom stereocenters. The van der Waals surface area contributed by atoms with Gasteiger partial charge in [-0.15, -0.1) is 0 Å². The molecule has 2 heteroatoms. The van der Waals surface area contributed by atoms with Gasteiger partial charge < -0.3 is 5.11 Å². The number of carboxylic acids is 1. The van der Waals surface area contributed by atoms with Crippen molar-refractivity contribution in [2.45, 2.75) is 33.6 Å². The average molecular weight is 154 g/mol. The van der Waals surface area contributed by atoms with E-state index in [1.54, 1.807) is 6.92 Å². The predicted molar refractivity (Wildman–Crippen MR) is 43.4 cm³/mol. The lowest BCUT2D eigenvalue weighted by molar-refractivity contribution is -0.145. The van der Waals surface area contributed by atoms with Crippen molar-refractivity contribution in [2.75, 3.05) is 0 Å². The van der Waals surface area contributed by atoms with E-state index in [9.17, 15) is 4.79 Å². The van der Waals surface area contributed by atoms with E-state index in [2.05, 4.69) is 0 Å². The molecular weight excluding hydrogens is 140 g/mol. The van der Waals surface area contributed by atoms with Gasteiger partial charge in [-0.2, -0.15) is 0 Å². The van der Waals surface area contributed by atoms with Gasteiger partial charge in [0.15, 0.2) is 0 Å². The van der Waals surface area contributed by atoms with E-state index in [1.807, 2.05) is 13.8 Å². The van der Waals surface area contributed by atoms with Crippen LogP contribution in [0.25, 0.3) is 0 Å². The maximum absolute atomic E-state index is 10.8. The summed E-state index contributed by atoms with van der Waals surface area (Å²) in [5.41, 5.74) is 1.71. The summed E-state index contributed by atoms with van der Waals surface area (Å²) in [6.45, 7) is 5.75. The minimum atomic E-state index is -0.688. The predicted octanol–water partition coefficient (Wildman–Crippen LogP) is 2.21. The van der Waals surface area contributed by atoms with Gasteiger partial charge in [-0.05, 0) is 33.6 Å². The van der Waals surface area contributed by atoms with E-state index in [0.29, 0.717) is 0 Å². The van der Waals surface area contributed by atoms with Crippen LogP contribution in [0.15, 0.2) is 11.1 Å². The van der Waals surface area contributed by atoms with Crippen LogP contribution in [0, 0.1) is 5.41 Å². The highest BCUT2D eigenvalue weighted by molar-refractivity contribution is 5.79. The molecule has 0 saturated heterocycles. The Labute approximate surface area is 66.9 Å². The lowest BCUT2D eigenvalue weighted by Crippen LogP contribution is -2.25. The van der Waals surface area contributed by atoms with Crippen LogP contribution < -0.4 is 0 Å². The summed E-state index contributed by atoms with van der Waals surface area (Å²) in [6.07, 6.45) is 1.70. The molecule has 0 aliphatic heterocycles. The van der Waals surface area contributed by atoms with E-state index in [-0.39, 0.29) is 0 Å². The highest BCUT2D eigenvalue weighted by atomic mass is 16.4. The van der Waals surface area contributed by atoms with Crippen molar-refractivity contribution in [3.63, 3.8) is 0 Å². The Morgan fingerprint density at radius 3 is 2.27 bits per heavy atom. The van der Waals surface area contributed by atoms with Crippen LogP contribution >= 0.6 is 0 Å². The molecule has 0 heterocycles. The average Bonchev–Trinajstić information content (AvgIpc) is 2.18. The smallest absolute Gasteiger partial charge is 0.313 e. The number of carboxylic acid groups (broad SMARTS) is 1. The number of allylic oxidation sites excluding steroid dienone is 1. The number of hydrogen-bond donors (Lipinski definition) is 1. The summed E-state index contributed by atoms with van der Waals surface area (Å²) in [5, 5.41) is 8.93. The molecule has 1 N–H and O–H groups in total. The fourth-order valence-electron chi connectivity index (χ4n) is 1.55. The van der Waals surface area contributed by atoms with Crippen molar-refractivity contribution < 1.29 is 9.90 Å². The SMILES string of the molecule is CC1=C(C)[C@](C)(C(=O)O)CC1. The number of aliphatic carboxylic acids is 1. The van der Waals surface area contributed by atoms with Gasteiger partial charge in [-0.25, -0.2) is 0 Å². The third kappa shape index (κ3) is 1.06. The fourth-order valence-corrected chi connectivity index (χ4v) is 1.55. The summed E-state index contributed by atoms with van der Waals surface area (Å²) >= 11 is 0. The van der Waals surface area contributed by atoms with Gasteiger partial charge in [0.1, 0.15) is 0 Å². The molecule has 0 aromatic rings. The van der Waals surface area contributed by atoms with Crippen molar-refractivity contribution in [2.24, 2.45) is 5.41 Å². The van der Waals surface area contributed by atoms with Gasteiger partial charge >= 0.3 is 5.97 Å². The first-order chi connectivity index (χ1) is 4.98. The molecule has 1 rings (SSSR count). The second-order valence-electron chi connectivity index (χ2n) is 3.54. The summed E-state index contributed by atoms with van der Waals surface area (Å²) in [4.78, 5) is 10.8. The summed E-state index contributed by atoms with van der Waals surface area (Å²) in [5.74, 6) is -0.688. The van der Waals surface area contributed by atoms with Gasteiger partial charge in [-0.1, -0.05) is 11.1 Å². The minimum Gasteiger partial charge on any atom is -0.481 e. The molecule has 0 unspecified atom stereocenters. The number of carbonyl (C=O) groups is 1. The van der Waals surface area contributed by atoms with Crippen molar-refractivity contribution in [3.8, 4) is 0 Å². The number of hydrogen-bond acceptors (Lipinski definition) is 1. The van der Waals surface area contributed by atoms with E-state index in [4.69, 9.17) is 5.11 Å². The van der Waals surface area contributed by atoms with Gasteiger partial charge in [0.25, 0.3) is 0 Å². The molecule has 0 fully saturated rings. The molecular formula is C9H14O2. The Kier molecular flexibility index (Phi) is 1.78. The van der Waals surface area contributed by atoms with Crippen molar-refractivity contribution >= 4 is 5.97 Å². The first-order valence-corrected chi connectivity index (χ1v) is 3.88. The van der Waals surface area contributed by atoms with Crippen molar-refractivity contribution in [1.29, 1.82) is 0 Å². The maximum atomic E-state index is 10.8. The van der Waals surface area contributed by atoms with Crippen LogP contribution in [0.1, 0.15) is 33.6 Å². The molecule has 0 radical (unpaired) electrons. The largest absolute Gasteiger partial charge is 0.481 e. The summed E-state index contributed by atoms with van der Waals surface area (Å²) in [6, 6.07) is 0. The normalized spacial score (nSPS) is 31.2. The van der Waals surface area contributed by atoms with E-state index >= 15 is 0 Å². The van der Waals surface area contributed by atoms with Crippen LogP contribution in [0.3, 0.4) is 0 Å². The molecule has 0 bridgehead atoms. The van der Waals surface area contributed by atoms with Crippen molar-refractivity contribution in [1.82, 2.24) is 0 Å². The summed E-state index contributed by atoms with van der Waals surface area (Å²) < 4.78 is 0. The topological polar surface area (TPSA) is 37.3 Å². The zero-order chi connectivity index (χ0) is 8.65. The summed E-state index contributed by atoms with van der Waals surface area (Å²) in [7, 11) is 0. The Morgan fingerprint density at radius 1 is 1.55 bits per heavy atom. The Bertz CT molecular complexity index is 228. The molecule has 0 aromatic heterocycles. The lowest BCUT2D eigenvalue weighted by atomic mass is 9.84. The molecule has 0 spiro atoms. The molecule has 0 aromatic carbocycles. The Morgan fingerprint density at radius 2 is 2.09 bits per heavy atom. The van der Waals surface area contributed by atoms with Crippen LogP contribution in [0.4, 0.5) is 0 Å². The third-order valence-electron chi connectivity index (χ3n) is 2.94. The fraction of sp³-hybridized carbons (Fsp3) is 0.667. The van der Waals surface area contributed by atoms with Crippen LogP contribution in [0.5, 0.6) is 0 Å². The van der Waals surface area contributed by atoms with Crippen LogP contribution in [-0.4, -0.2) is 11.1 Å². The standard InChI is InChI=1S/C9H14O2/c1-6-4-5-9(3,7(6)2)8(10)11/h4-5H2,1-3H3,(H,10,11)/t9-/m1/s1. The first kappa shape index (κ1) is 8.31. The second-order valence-corrected chi connectivity index (χ2v) is 3.54. The van der Waals surface area contributed by atoms with E-state index in [0.717, 1.165) is 18.4 Å². The van der Waals surface area contributed by atoms with E-state index < -0.39 is 11.4 Å². The lowest BCUT2D eigenvalue weighted by Gasteiger charge is -2.19. The Hall–Kier alpha value is -0.790. The highest BCUT2D eigenvalue weighted by Crippen LogP contribution is 2.42. The quantitative estimate of drug-likeness (QED) is 0.588. The van der Waals surface area contributed by atoms with Gasteiger partial charge in [-0.3, -0.25) is 4.79 Å². The van der Waals surface area contributed by atoms with Gasteiger partial charge in [0, 0.05) is 0 Å². The van der Waals surface area contributed by atoms with Gasteiger partial charge in [0.05, 0.1) is 5.41 Å². The maximum Gasteiger partial charge on any atom is 0.313 e. The van der Waals surface area contributed by atoms with Crippen molar-refractivity contribution in [3.05, 3.63) is 11.1 Å². The molecule has 0 saturated carbocycles. The van der Waals surface area contributed by atoms with E-state index in [1.165, 1.54) is 5.57 Å². The molecule has 0 amide bonds. The number of rotatable bonds is 1. The Balaban J connectivity index is 3.01. The second kappa shape index (κ2) is 2.36. The minimum absolute atomic E-state index is 0.579. The van der Waals surface area contributed by atoms with Crippen LogP contribution in [-0.2, 0) is 4.79 Å². The molecule has 1 aliphatic rings.